The number of aromatic amines is 1. The van der Waals surface area contributed by atoms with Gasteiger partial charge in [-0.05, 0) is 6.07 Å². The summed E-state index contributed by atoms with van der Waals surface area (Å²) in [6.07, 6.45) is 1.70. The van der Waals surface area contributed by atoms with E-state index in [-0.39, 0.29) is 5.91 Å². The molecule has 0 bridgehead atoms. The Bertz CT molecular complexity index is 521. The average molecular weight is 236 g/mol. The van der Waals surface area contributed by atoms with Crippen LogP contribution in [-0.2, 0) is 4.79 Å². The predicted molar refractivity (Wildman–Crippen MR) is 63.3 cm³/mol. The fourth-order valence-electron chi connectivity index (χ4n) is 1.36. The van der Waals surface area contributed by atoms with Crippen molar-refractivity contribution in [1.82, 2.24) is 9.97 Å². The summed E-state index contributed by atoms with van der Waals surface area (Å²) in [5.41, 5.74) is 1.53. The zero-order valence-corrected chi connectivity index (χ0v) is 9.38. The van der Waals surface area contributed by atoms with E-state index in [1.54, 1.807) is 12.3 Å². The van der Waals surface area contributed by atoms with Gasteiger partial charge in [0.1, 0.15) is 0 Å². The molecule has 0 aliphatic heterocycles. The quantitative estimate of drug-likeness (QED) is 0.841. The number of hydrogen-bond acceptors (Lipinski definition) is 2. The van der Waals surface area contributed by atoms with Crippen LogP contribution >= 0.6 is 11.6 Å². The number of aromatic nitrogens is 2. The number of H-pyrrole nitrogens is 1. The third kappa shape index (κ3) is 2.23. The number of benzene rings is 1. The molecule has 0 spiro atoms. The highest BCUT2D eigenvalue weighted by atomic mass is 35.5. The van der Waals surface area contributed by atoms with Crippen LogP contribution in [0, 0.1) is 0 Å². The number of amides is 1. The predicted octanol–water partition coefficient (Wildman–Crippen LogP) is 2.69. The molecule has 1 aromatic heterocycles. The number of carbonyl (C=O) groups is 1. The van der Waals surface area contributed by atoms with Gasteiger partial charge in [0.25, 0.3) is 0 Å². The van der Waals surface area contributed by atoms with E-state index in [0.717, 1.165) is 5.56 Å². The number of nitrogens with one attached hydrogen (secondary N) is 2. The van der Waals surface area contributed by atoms with Crippen LogP contribution < -0.4 is 5.32 Å². The lowest BCUT2D eigenvalue weighted by atomic mass is 10.2. The van der Waals surface area contributed by atoms with Gasteiger partial charge in [-0.3, -0.25) is 10.1 Å². The normalized spacial score (nSPS) is 10.1. The molecule has 0 aliphatic rings. The van der Waals surface area contributed by atoms with Crippen LogP contribution in [-0.4, -0.2) is 15.9 Å². The summed E-state index contributed by atoms with van der Waals surface area (Å²) in [6, 6.07) is 7.40. The fraction of sp³-hybridized carbons (Fsp3) is 0.0909. The minimum absolute atomic E-state index is 0.167. The average Bonchev–Trinajstić information content (AvgIpc) is 2.66. The van der Waals surface area contributed by atoms with Gasteiger partial charge in [-0.2, -0.15) is 0 Å². The summed E-state index contributed by atoms with van der Waals surface area (Å²) in [5.74, 6) is 0.252. The van der Waals surface area contributed by atoms with Crippen molar-refractivity contribution < 1.29 is 4.79 Å². The number of hydrogen-bond donors (Lipinski definition) is 2. The zero-order valence-electron chi connectivity index (χ0n) is 8.62. The number of nitrogens with zero attached hydrogens (tertiary/aromatic N) is 1. The number of imidazole rings is 1. The Morgan fingerprint density at radius 3 is 2.88 bits per heavy atom. The van der Waals surface area contributed by atoms with Gasteiger partial charge >= 0.3 is 0 Å². The van der Waals surface area contributed by atoms with E-state index < -0.39 is 0 Å². The second-order valence-electron chi connectivity index (χ2n) is 3.30. The van der Waals surface area contributed by atoms with Crippen LogP contribution in [0.4, 0.5) is 5.95 Å². The van der Waals surface area contributed by atoms with E-state index in [4.69, 9.17) is 11.6 Å². The molecule has 2 N–H and O–H groups in total. The molecule has 0 atom stereocenters. The smallest absolute Gasteiger partial charge is 0.223 e. The number of anilines is 1. The maximum Gasteiger partial charge on any atom is 0.223 e. The van der Waals surface area contributed by atoms with Gasteiger partial charge in [-0.25, -0.2) is 4.98 Å². The molecule has 4 nitrogen and oxygen atoms in total. The second kappa shape index (κ2) is 4.37. The van der Waals surface area contributed by atoms with Crippen LogP contribution in [0.25, 0.3) is 11.3 Å². The summed E-state index contributed by atoms with van der Waals surface area (Å²) in [5, 5.41) is 3.19. The van der Waals surface area contributed by atoms with Gasteiger partial charge < -0.3 is 4.98 Å². The van der Waals surface area contributed by atoms with Crippen LogP contribution in [0.15, 0.2) is 30.5 Å². The Morgan fingerprint density at radius 1 is 1.44 bits per heavy atom. The molecule has 0 saturated carbocycles. The van der Waals surface area contributed by atoms with Gasteiger partial charge in [0.15, 0.2) is 0 Å². The highest BCUT2D eigenvalue weighted by Crippen LogP contribution is 2.26. The van der Waals surface area contributed by atoms with Gasteiger partial charge in [0.05, 0.1) is 10.7 Å². The van der Waals surface area contributed by atoms with E-state index in [9.17, 15) is 4.79 Å². The third-order valence-electron chi connectivity index (χ3n) is 2.02. The largest absolute Gasteiger partial charge is 0.330 e. The Balaban J connectivity index is 2.32. The Kier molecular flexibility index (Phi) is 2.92. The van der Waals surface area contributed by atoms with Crippen molar-refractivity contribution in [3.63, 3.8) is 0 Å². The number of carbonyl (C=O) groups excluding carboxylic acids is 1. The first-order valence-electron chi connectivity index (χ1n) is 4.75. The molecule has 0 saturated heterocycles. The van der Waals surface area contributed by atoms with Gasteiger partial charge in [0.2, 0.25) is 11.9 Å². The van der Waals surface area contributed by atoms with Crippen LogP contribution in [0.3, 0.4) is 0 Å². The first kappa shape index (κ1) is 10.7. The van der Waals surface area contributed by atoms with Gasteiger partial charge in [-0.15, -0.1) is 0 Å². The minimum Gasteiger partial charge on any atom is -0.330 e. The highest BCUT2D eigenvalue weighted by molar-refractivity contribution is 6.33. The Labute approximate surface area is 97.7 Å². The number of halogens is 1. The maximum atomic E-state index is 10.8. The van der Waals surface area contributed by atoms with Gasteiger partial charge in [-0.1, -0.05) is 29.8 Å². The molecule has 2 aromatic rings. The Morgan fingerprint density at radius 2 is 2.19 bits per heavy atom. The van der Waals surface area contributed by atoms with E-state index in [1.807, 2.05) is 18.2 Å². The standard InChI is InChI=1S/C11H10ClN3O/c1-7(16)14-11-13-6-10(15-11)8-4-2-3-5-9(8)12/h2-6H,1H3,(H2,13,14,15,16). The van der Waals surface area contributed by atoms with Crippen molar-refractivity contribution in [3.05, 3.63) is 35.5 Å². The lowest BCUT2D eigenvalue weighted by molar-refractivity contribution is -0.114. The monoisotopic (exact) mass is 235 g/mol. The van der Waals surface area contributed by atoms with Crippen molar-refractivity contribution in [2.75, 3.05) is 5.32 Å². The fourth-order valence-corrected chi connectivity index (χ4v) is 1.59. The summed E-state index contributed by atoms with van der Waals surface area (Å²) in [4.78, 5) is 17.9. The summed E-state index contributed by atoms with van der Waals surface area (Å²) >= 11 is 6.03. The Hall–Kier alpha value is -1.81. The van der Waals surface area contributed by atoms with Crippen LogP contribution in [0.1, 0.15) is 6.92 Å². The lowest BCUT2D eigenvalue weighted by Gasteiger charge is -1.98. The molecule has 5 heteroatoms. The van der Waals surface area contributed by atoms with Crippen molar-refractivity contribution in [2.45, 2.75) is 6.92 Å². The first-order valence-corrected chi connectivity index (χ1v) is 5.12. The third-order valence-corrected chi connectivity index (χ3v) is 2.35. The van der Waals surface area contributed by atoms with E-state index in [0.29, 0.717) is 16.7 Å². The van der Waals surface area contributed by atoms with Crippen molar-refractivity contribution in [2.24, 2.45) is 0 Å². The molecule has 0 aliphatic carbocycles. The number of rotatable bonds is 2. The second-order valence-corrected chi connectivity index (χ2v) is 3.70. The summed E-state index contributed by atoms with van der Waals surface area (Å²) in [7, 11) is 0. The van der Waals surface area contributed by atoms with Crippen molar-refractivity contribution in [1.29, 1.82) is 0 Å². The zero-order chi connectivity index (χ0) is 11.5. The first-order chi connectivity index (χ1) is 7.66. The van der Waals surface area contributed by atoms with E-state index >= 15 is 0 Å². The highest BCUT2D eigenvalue weighted by Gasteiger charge is 2.07. The van der Waals surface area contributed by atoms with Gasteiger partial charge in [0, 0.05) is 18.7 Å². The van der Waals surface area contributed by atoms with E-state index in [2.05, 4.69) is 15.3 Å². The topological polar surface area (TPSA) is 57.8 Å². The molecular formula is C11H10ClN3O. The SMILES string of the molecule is CC(=O)Nc1nc(-c2ccccc2Cl)c[nH]1. The minimum atomic E-state index is -0.167. The summed E-state index contributed by atoms with van der Waals surface area (Å²) in [6.45, 7) is 1.43. The van der Waals surface area contributed by atoms with Crippen LogP contribution in [0.5, 0.6) is 0 Å². The molecule has 16 heavy (non-hydrogen) atoms. The molecule has 1 heterocycles. The van der Waals surface area contributed by atoms with Crippen molar-refractivity contribution >= 4 is 23.5 Å². The molecule has 0 unspecified atom stereocenters. The molecule has 0 radical (unpaired) electrons. The molecule has 82 valence electrons. The lowest BCUT2D eigenvalue weighted by Crippen LogP contribution is -2.06. The summed E-state index contributed by atoms with van der Waals surface area (Å²) < 4.78 is 0. The van der Waals surface area contributed by atoms with E-state index in [1.165, 1.54) is 6.92 Å². The van der Waals surface area contributed by atoms with Crippen LogP contribution in [0.2, 0.25) is 5.02 Å². The molecule has 2 rings (SSSR count). The molecule has 1 aromatic carbocycles. The van der Waals surface area contributed by atoms with Crippen molar-refractivity contribution in [3.8, 4) is 11.3 Å². The molecular weight excluding hydrogens is 226 g/mol. The molecule has 0 fully saturated rings. The maximum absolute atomic E-state index is 10.8. The molecule has 1 amide bonds.